The van der Waals surface area contributed by atoms with Crippen molar-refractivity contribution in [2.24, 2.45) is 5.73 Å². The van der Waals surface area contributed by atoms with Crippen LogP contribution in [0.3, 0.4) is 0 Å². The average molecular weight is 230 g/mol. The normalized spacial score (nSPS) is 19.5. The van der Waals surface area contributed by atoms with Gasteiger partial charge in [0.2, 0.25) is 11.8 Å². The molecule has 0 aliphatic carbocycles. The topological polar surface area (TPSA) is 72.2 Å². The smallest absolute Gasteiger partial charge is 0.243 e. The molecule has 86 valence electrons. The van der Waals surface area contributed by atoms with Gasteiger partial charge in [-0.3, -0.25) is 9.59 Å². The van der Waals surface area contributed by atoms with Crippen LogP contribution in [0.4, 0.5) is 0 Å². The number of rotatable bonds is 4. The Kier molecular flexibility index (Phi) is 4.45. The summed E-state index contributed by atoms with van der Waals surface area (Å²) in [7, 11) is 0. The van der Waals surface area contributed by atoms with Crippen LogP contribution >= 0.6 is 11.8 Å². The third-order valence-electron chi connectivity index (χ3n) is 2.67. The summed E-state index contributed by atoms with van der Waals surface area (Å²) >= 11 is 1.80. The molecule has 0 aromatic carbocycles. The van der Waals surface area contributed by atoms with E-state index in [1.807, 2.05) is 6.92 Å². The average Bonchev–Trinajstić information content (AvgIpc) is 2.19. The highest BCUT2D eigenvalue weighted by Crippen LogP contribution is 2.26. The van der Waals surface area contributed by atoms with Crippen molar-refractivity contribution in [3.05, 3.63) is 0 Å². The summed E-state index contributed by atoms with van der Waals surface area (Å²) in [5.41, 5.74) is 4.60. The molecule has 15 heavy (non-hydrogen) atoms. The van der Waals surface area contributed by atoms with Crippen molar-refractivity contribution in [2.45, 2.75) is 38.1 Å². The molecule has 1 rings (SSSR count). The maximum absolute atomic E-state index is 11.5. The van der Waals surface area contributed by atoms with Gasteiger partial charge in [-0.1, -0.05) is 6.92 Å². The molecule has 4 nitrogen and oxygen atoms in total. The van der Waals surface area contributed by atoms with Crippen molar-refractivity contribution in [1.29, 1.82) is 0 Å². The molecule has 1 aliphatic rings. The van der Waals surface area contributed by atoms with Crippen molar-refractivity contribution in [2.75, 3.05) is 11.5 Å². The Bertz CT molecular complexity index is 250. The number of nitrogens with one attached hydrogen (secondary N) is 1. The van der Waals surface area contributed by atoms with Crippen LogP contribution in [-0.2, 0) is 9.59 Å². The third-order valence-corrected chi connectivity index (χ3v) is 3.66. The number of amides is 2. The minimum absolute atomic E-state index is 0.0665. The molecule has 1 heterocycles. The van der Waals surface area contributed by atoms with E-state index in [1.54, 1.807) is 11.8 Å². The first-order valence-corrected chi connectivity index (χ1v) is 6.45. The fourth-order valence-electron chi connectivity index (χ4n) is 1.71. The molecule has 0 saturated carbocycles. The van der Waals surface area contributed by atoms with E-state index in [4.69, 9.17) is 5.73 Å². The Hall–Kier alpha value is -0.710. The summed E-state index contributed by atoms with van der Waals surface area (Å²) < 4.78 is 0. The van der Waals surface area contributed by atoms with Gasteiger partial charge in [0.25, 0.3) is 0 Å². The second-order valence-electron chi connectivity index (χ2n) is 3.86. The zero-order valence-electron chi connectivity index (χ0n) is 9.04. The zero-order valence-corrected chi connectivity index (χ0v) is 9.86. The summed E-state index contributed by atoms with van der Waals surface area (Å²) in [6.45, 7) is 1.94. The minimum Gasteiger partial charge on any atom is -0.368 e. The predicted octanol–water partition coefficient (Wildman–Crippen LogP) is 0.654. The Morgan fingerprint density at radius 2 is 2.00 bits per heavy atom. The molecule has 1 saturated heterocycles. The first-order valence-electron chi connectivity index (χ1n) is 5.29. The molecule has 3 N–H and O–H groups in total. The molecule has 0 spiro atoms. The van der Waals surface area contributed by atoms with Gasteiger partial charge in [0.05, 0.1) is 0 Å². The van der Waals surface area contributed by atoms with Crippen LogP contribution in [0, 0.1) is 0 Å². The van der Waals surface area contributed by atoms with Crippen LogP contribution in [-0.4, -0.2) is 28.9 Å². The van der Waals surface area contributed by atoms with Crippen molar-refractivity contribution < 1.29 is 9.59 Å². The van der Waals surface area contributed by atoms with Crippen LogP contribution in [0.1, 0.15) is 32.6 Å². The highest BCUT2D eigenvalue weighted by molar-refractivity contribution is 7.99. The first-order chi connectivity index (χ1) is 7.10. The fourth-order valence-corrected chi connectivity index (χ4v) is 2.90. The van der Waals surface area contributed by atoms with Crippen LogP contribution in [0.5, 0.6) is 0 Å². The summed E-state index contributed by atoms with van der Waals surface area (Å²) in [6, 6.07) is 0. The molecule has 0 bridgehead atoms. The van der Waals surface area contributed by atoms with Crippen LogP contribution < -0.4 is 11.1 Å². The van der Waals surface area contributed by atoms with Gasteiger partial charge < -0.3 is 11.1 Å². The van der Waals surface area contributed by atoms with Crippen molar-refractivity contribution in [1.82, 2.24) is 5.32 Å². The lowest BCUT2D eigenvalue weighted by molar-refractivity contribution is -0.132. The molecule has 0 aromatic rings. The van der Waals surface area contributed by atoms with Gasteiger partial charge in [-0.2, -0.15) is 11.8 Å². The second-order valence-corrected chi connectivity index (χ2v) is 5.08. The van der Waals surface area contributed by atoms with E-state index in [0.29, 0.717) is 19.3 Å². The van der Waals surface area contributed by atoms with Gasteiger partial charge in [0.1, 0.15) is 5.54 Å². The van der Waals surface area contributed by atoms with Crippen LogP contribution in [0.25, 0.3) is 0 Å². The third kappa shape index (κ3) is 3.12. The summed E-state index contributed by atoms with van der Waals surface area (Å²) in [6.07, 6.45) is 2.56. The number of nitrogens with two attached hydrogens (primary N) is 1. The maximum Gasteiger partial charge on any atom is 0.243 e. The molecule has 0 radical (unpaired) electrons. The Morgan fingerprint density at radius 1 is 1.40 bits per heavy atom. The molecule has 2 amide bonds. The molecule has 0 unspecified atom stereocenters. The lowest BCUT2D eigenvalue weighted by Gasteiger charge is -2.34. The quantitative estimate of drug-likeness (QED) is 0.745. The van der Waals surface area contributed by atoms with E-state index in [0.717, 1.165) is 17.9 Å². The standard InChI is InChI=1S/C10H18N2O2S/c1-2-3-8(13)12-10(9(11)14)4-6-15-7-5-10/h2-7H2,1H3,(H2,11,14)(H,12,13). The molecular weight excluding hydrogens is 212 g/mol. The van der Waals surface area contributed by atoms with Gasteiger partial charge in [-0.05, 0) is 30.8 Å². The SMILES string of the molecule is CCCC(=O)NC1(C(N)=O)CCSCC1. The lowest BCUT2D eigenvalue weighted by atomic mass is 9.91. The summed E-state index contributed by atoms with van der Waals surface area (Å²) in [4.78, 5) is 22.9. The van der Waals surface area contributed by atoms with Crippen molar-refractivity contribution >= 4 is 23.6 Å². The molecule has 0 aromatic heterocycles. The monoisotopic (exact) mass is 230 g/mol. The van der Waals surface area contributed by atoms with Gasteiger partial charge in [0.15, 0.2) is 0 Å². The van der Waals surface area contributed by atoms with Gasteiger partial charge in [-0.15, -0.1) is 0 Å². The fraction of sp³-hybridized carbons (Fsp3) is 0.800. The van der Waals surface area contributed by atoms with Crippen molar-refractivity contribution in [3.63, 3.8) is 0 Å². The number of hydrogen-bond donors (Lipinski definition) is 2. The molecule has 5 heteroatoms. The minimum atomic E-state index is -0.780. The summed E-state index contributed by atoms with van der Waals surface area (Å²) in [5.74, 6) is 1.31. The van der Waals surface area contributed by atoms with E-state index in [9.17, 15) is 9.59 Å². The van der Waals surface area contributed by atoms with E-state index in [-0.39, 0.29) is 5.91 Å². The Labute approximate surface area is 94.4 Å². The Balaban J connectivity index is 2.64. The number of carbonyl (C=O) groups is 2. The largest absolute Gasteiger partial charge is 0.368 e. The number of hydrogen-bond acceptors (Lipinski definition) is 3. The second kappa shape index (κ2) is 5.39. The first kappa shape index (κ1) is 12.4. The number of thioether (sulfide) groups is 1. The van der Waals surface area contributed by atoms with E-state index in [1.165, 1.54) is 0 Å². The van der Waals surface area contributed by atoms with Crippen molar-refractivity contribution in [3.8, 4) is 0 Å². The predicted molar refractivity (Wildman–Crippen MR) is 61.5 cm³/mol. The van der Waals surface area contributed by atoms with Gasteiger partial charge >= 0.3 is 0 Å². The van der Waals surface area contributed by atoms with Gasteiger partial charge in [0, 0.05) is 6.42 Å². The van der Waals surface area contributed by atoms with Crippen LogP contribution in [0.15, 0.2) is 0 Å². The lowest BCUT2D eigenvalue weighted by Crippen LogP contribution is -2.59. The molecule has 1 aliphatic heterocycles. The number of primary amides is 1. The molecule has 0 atom stereocenters. The highest BCUT2D eigenvalue weighted by atomic mass is 32.2. The molecule has 1 fully saturated rings. The van der Waals surface area contributed by atoms with E-state index in [2.05, 4.69) is 5.32 Å². The zero-order chi connectivity index (χ0) is 11.3. The van der Waals surface area contributed by atoms with E-state index >= 15 is 0 Å². The number of carbonyl (C=O) groups excluding carboxylic acids is 2. The maximum atomic E-state index is 11.5. The molecular formula is C10H18N2O2S. The Morgan fingerprint density at radius 3 is 2.47 bits per heavy atom. The van der Waals surface area contributed by atoms with E-state index < -0.39 is 11.4 Å². The summed E-state index contributed by atoms with van der Waals surface area (Å²) in [5, 5.41) is 2.81. The highest BCUT2D eigenvalue weighted by Gasteiger charge is 2.39. The van der Waals surface area contributed by atoms with Gasteiger partial charge in [-0.25, -0.2) is 0 Å². The van der Waals surface area contributed by atoms with Crippen LogP contribution in [0.2, 0.25) is 0 Å².